The van der Waals surface area contributed by atoms with Gasteiger partial charge in [-0.3, -0.25) is 0 Å². The van der Waals surface area contributed by atoms with E-state index in [1.807, 2.05) is 0 Å². The molecule has 5 nitrogen and oxygen atoms in total. The Hall–Kier alpha value is -2.89. The lowest BCUT2D eigenvalue weighted by Crippen LogP contribution is -2.33. The molecule has 0 saturated carbocycles. The fraction of sp³-hybridized carbons (Fsp3) is 0.300. The molecular weight excluding hydrogens is 339 g/mol. The molecule has 1 N–H and O–H groups in total. The van der Waals surface area contributed by atoms with Crippen LogP contribution in [0.5, 0.6) is 0 Å². The van der Waals surface area contributed by atoms with Crippen molar-refractivity contribution in [3.63, 3.8) is 0 Å². The van der Waals surface area contributed by atoms with Crippen molar-refractivity contribution in [1.82, 2.24) is 0 Å². The third-order valence-corrected chi connectivity index (χ3v) is 4.69. The van der Waals surface area contributed by atoms with Gasteiger partial charge in [-0.25, -0.2) is 9.18 Å². The first-order valence-corrected chi connectivity index (χ1v) is 8.40. The molecule has 1 aliphatic rings. The lowest BCUT2D eigenvalue weighted by Gasteiger charge is -2.35. The normalized spacial score (nSPS) is 22.9. The van der Waals surface area contributed by atoms with E-state index in [4.69, 9.17) is 9.15 Å². The number of carbonyl (C=O) groups excluding carboxylic acids is 2. The molecule has 0 fully saturated rings. The molecule has 2 aromatic rings. The van der Waals surface area contributed by atoms with Crippen molar-refractivity contribution >= 4 is 12.3 Å². The molecule has 0 radical (unpaired) electrons. The van der Waals surface area contributed by atoms with Crippen LogP contribution in [0.4, 0.5) is 4.39 Å². The predicted molar refractivity (Wildman–Crippen MR) is 91.0 cm³/mol. The third-order valence-electron chi connectivity index (χ3n) is 4.69. The second kappa shape index (κ2) is 7.56. The quantitative estimate of drug-likeness (QED) is 0.648. The smallest absolute Gasteiger partial charge is 0.338 e. The van der Waals surface area contributed by atoms with E-state index in [1.165, 1.54) is 12.3 Å². The molecule has 6 heteroatoms. The summed E-state index contributed by atoms with van der Waals surface area (Å²) in [4.78, 5) is 24.4. The second-order valence-corrected chi connectivity index (χ2v) is 6.12. The summed E-state index contributed by atoms with van der Waals surface area (Å²) in [6.07, 6.45) is 2.08. The lowest BCUT2D eigenvalue weighted by molar-refractivity contribution is -0.139. The topological polar surface area (TPSA) is 76.7 Å². The molecule has 26 heavy (non-hydrogen) atoms. The summed E-state index contributed by atoms with van der Waals surface area (Å²) in [6.45, 7) is 1.78. The highest BCUT2D eigenvalue weighted by Gasteiger charge is 2.45. The number of benzene rings is 1. The molecule has 1 aliphatic carbocycles. The number of rotatable bonds is 5. The van der Waals surface area contributed by atoms with Crippen molar-refractivity contribution in [3.05, 3.63) is 71.1 Å². The highest BCUT2D eigenvalue weighted by atomic mass is 19.1. The molecule has 0 saturated heterocycles. The number of aldehydes is 1. The monoisotopic (exact) mass is 358 g/mol. The average Bonchev–Trinajstić information content (AvgIpc) is 3.15. The number of carbonyl (C=O) groups is 2. The van der Waals surface area contributed by atoms with Crippen molar-refractivity contribution < 1.29 is 28.2 Å². The maximum atomic E-state index is 14.3. The van der Waals surface area contributed by atoms with Crippen LogP contribution in [0.1, 0.15) is 36.5 Å². The molecule has 1 heterocycles. The van der Waals surface area contributed by atoms with E-state index in [1.54, 1.807) is 37.3 Å². The fourth-order valence-corrected chi connectivity index (χ4v) is 3.58. The standard InChI is InChI=1S/C20H19FO5/c1-2-25-20(24)19-16(23)10-13(12-6-3-4-7-15(12)21)14(11-22)18(19)17-8-5-9-26-17/h3-9,11,13-14,18,23H,2,10H2,1H3/t13-,14-,18+/m1/s1. The molecule has 1 aromatic carbocycles. The van der Waals surface area contributed by atoms with Crippen LogP contribution in [0.3, 0.4) is 0 Å². The molecule has 1 aromatic heterocycles. The van der Waals surface area contributed by atoms with Crippen LogP contribution < -0.4 is 0 Å². The fourth-order valence-electron chi connectivity index (χ4n) is 3.58. The third kappa shape index (κ3) is 3.14. The summed E-state index contributed by atoms with van der Waals surface area (Å²) in [7, 11) is 0. The highest BCUT2D eigenvalue weighted by Crippen LogP contribution is 2.48. The lowest BCUT2D eigenvalue weighted by atomic mass is 9.68. The molecule has 0 unspecified atom stereocenters. The number of halogens is 1. The summed E-state index contributed by atoms with van der Waals surface area (Å²) in [5.74, 6) is -3.29. The zero-order chi connectivity index (χ0) is 18.7. The van der Waals surface area contributed by atoms with Crippen molar-refractivity contribution in [2.75, 3.05) is 6.61 Å². The summed E-state index contributed by atoms with van der Waals surface area (Å²) in [5, 5.41) is 10.6. The van der Waals surface area contributed by atoms with Gasteiger partial charge in [0.25, 0.3) is 0 Å². The molecular formula is C20H19FO5. The zero-order valence-corrected chi connectivity index (χ0v) is 14.2. The van der Waals surface area contributed by atoms with Gasteiger partial charge in [0.15, 0.2) is 0 Å². The number of esters is 1. The van der Waals surface area contributed by atoms with E-state index in [-0.39, 0.29) is 24.4 Å². The number of aliphatic hydroxyl groups excluding tert-OH is 1. The van der Waals surface area contributed by atoms with Crippen LogP contribution in [-0.2, 0) is 14.3 Å². The molecule has 0 bridgehead atoms. The highest BCUT2D eigenvalue weighted by molar-refractivity contribution is 5.92. The van der Waals surface area contributed by atoms with Crippen LogP contribution in [0, 0.1) is 11.7 Å². The average molecular weight is 358 g/mol. The van der Waals surface area contributed by atoms with Gasteiger partial charge in [0.05, 0.1) is 24.4 Å². The van der Waals surface area contributed by atoms with Crippen LogP contribution in [-0.4, -0.2) is 24.0 Å². The van der Waals surface area contributed by atoms with Crippen molar-refractivity contribution in [1.29, 1.82) is 0 Å². The minimum Gasteiger partial charge on any atom is -0.512 e. The Morgan fingerprint density at radius 2 is 2.12 bits per heavy atom. The Kier molecular flexibility index (Phi) is 5.21. The van der Waals surface area contributed by atoms with Crippen LogP contribution in [0.15, 0.2) is 58.4 Å². The Balaban J connectivity index is 2.14. The van der Waals surface area contributed by atoms with Gasteiger partial charge in [-0.1, -0.05) is 18.2 Å². The molecule has 3 atom stereocenters. The van der Waals surface area contributed by atoms with Gasteiger partial charge in [-0.2, -0.15) is 0 Å². The summed E-state index contributed by atoms with van der Waals surface area (Å²) in [5.41, 5.74) is 0.308. The number of allylic oxidation sites excluding steroid dienone is 1. The molecule has 136 valence electrons. The van der Waals surface area contributed by atoms with E-state index in [9.17, 15) is 19.1 Å². The number of hydrogen-bond acceptors (Lipinski definition) is 5. The van der Waals surface area contributed by atoms with Crippen molar-refractivity contribution in [2.45, 2.75) is 25.2 Å². The number of hydrogen-bond donors (Lipinski definition) is 1. The Labute approximate surface area is 150 Å². The minimum atomic E-state index is -0.847. The SMILES string of the molecule is CCOC(=O)C1=C(O)C[C@H](c2ccccc2F)[C@@H](C=O)[C@H]1c1ccco1. The maximum absolute atomic E-state index is 14.3. The summed E-state index contributed by atoms with van der Waals surface area (Å²) >= 11 is 0. The van der Waals surface area contributed by atoms with Gasteiger partial charge < -0.3 is 19.1 Å². The van der Waals surface area contributed by atoms with Gasteiger partial charge in [0.1, 0.15) is 23.6 Å². The van der Waals surface area contributed by atoms with Gasteiger partial charge in [-0.15, -0.1) is 0 Å². The van der Waals surface area contributed by atoms with Gasteiger partial charge in [-0.05, 0) is 30.7 Å². The summed E-state index contributed by atoms with van der Waals surface area (Å²) in [6, 6.07) is 9.37. The molecule has 0 amide bonds. The van der Waals surface area contributed by atoms with Gasteiger partial charge >= 0.3 is 5.97 Å². The largest absolute Gasteiger partial charge is 0.512 e. The molecule has 0 aliphatic heterocycles. The van der Waals surface area contributed by atoms with E-state index in [0.717, 1.165) is 0 Å². The number of ether oxygens (including phenoxy) is 1. The van der Waals surface area contributed by atoms with E-state index in [2.05, 4.69) is 0 Å². The Bertz CT molecular complexity index is 824. The van der Waals surface area contributed by atoms with Crippen LogP contribution in [0.25, 0.3) is 0 Å². The minimum absolute atomic E-state index is 0.00788. The molecule has 0 spiro atoms. The number of aliphatic hydroxyl groups is 1. The first-order valence-electron chi connectivity index (χ1n) is 8.40. The first-order chi connectivity index (χ1) is 12.6. The van der Waals surface area contributed by atoms with Gasteiger partial charge in [0, 0.05) is 18.3 Å². The molecule has 3 rings (SSSR count). The Morgan fingerprint density at radius 3 is 2.73 bits per heavy atom. The number of furan rings is 1. The van der Waals surface area contributed by atoms with Crippen molar-refractivity contribution in [3.8, 4) is 0 Å². The second-order valence-electron chi connectivity index (χ2n) is 6.12. The van der Waals surface area contributed by atoms with Crippen LogP contribution >= 0.6 is 0 Å². The summed E-state index contributed by atoms with van der Waals surface area (Å²) < 4.78 is 24.8. The predicted octanol–water partition coefficient (Wildman–Crippen LogP) is 3.88. The first kappa shape index (κ1) is 17.9. The van der Waals surface area contributed by atoms with E-state index in [0.29, 0.717) is 17.6 Å². The van der Waals surface area contributed by atoms with Crippen molar-refractivity contribution in [2.24, 2.45) is 5.92 Å². The Morgan fingerprint density at radius 1 is 1.35 bits per heavy atom. The maximum Gasteiger partial charge on any atom is 0.338 e. The van der Waals surface area contributed by atoms with Crippen LogP contribution in [0.2, 0.25) is 0 Å². The van der Waals surface area contributed by atoms with E-state index >= 15 is 0 Å². The van der Waals surface area contributed by atoms with E-state index < -0.39 is 29.5 Å². The van der Waals surface area contributed by atoms with Gasteiger partial charge in [0.2, 0.25) is 0 Å². The zero-order valence-electron chi connectivity index (χ0n) is 14.2.